The fourth-order valence-corrected chi connectivity index (χ4v) is 2.52. The molecule has 0 bridgehead atoms. The van der Waals surface area contributed by atoms with E-state index in [-0.39, 0.29) is 0 Å². The Kier molecular flexibility index (Phi) is 2.47. The van der Waals surface area contributed by atoms with Gasteiger partial charge in [0.2, 0.25) is 5.78 Å². The van der Waals surface area contributed by atoms with E-state index in [1.807, 2.05) is 18.4 Å². The first-order chi connectivity index (χ1) is 9.47. The molecule has 3 rings (SSSR count). The zero-order chi connectivity index (χ0) is 14.6. The zero-order valence-corrected chi connectivity index (χ0v) is 11.6. The first-order valence-electron chi connectivity index (χ1n) is 6.25. The van der Waals surface area contributed by atoms with Crippen molar-refractivity contribution in [2.24, 2.45) is 7.05 Å². The second-order valence-electron chi connectivity index (χ2n) is 4.81. The van der Waals surface area contributed by atoms with E-state index >= 15 is 0 Å². The van der Waals surface area contributed by atoms with Crippen LogP contribution in [0.15, 0.2) is 22.2 Å². The lowest BCUT2D eigenvalue weighted by Crippen LogP contribution is -2.28. The van der Waals surface area contributed by atoms with Crippen molar-refractivity contribution in [3.8, 4) is 0 Å². The number of imidazole rings is 2. The van der Waals surface area contributed by atoms with Crippen molar-refractivity contribution in [3.63, 3.8) is 0 Å². The maximum atomic E-state index is 12.1. The molecule has 0 saturated heterocycles. The van der Waals surface area contributed by atoms with Crippen molar-refractivity contribution < 1.29 is 0 Å². The van der Waals surface area contributed by atoms with Gasteiger partial charge in [-0.2, -0.15) is 4.98 Å². The molecule has 3 heterocycles. The Bertz CT molecular complexity index is 967. The average molecular weight is 273 g/mol. The van der Waals surface area contributed by atoms with Crippen molar-refractivity contribution in [1.82, 2.24) is 23.5 Å². The number of hydrogen-bond acceptors (Lipinski definition) is 3. The summed E-state index contributed by atoms with van der Waals surface area (Å²) in [5.74, 6) is 0.640. The molecule has 3 aromatic heterocycles. The van der Waals surface area contributed by atoms with Gasteiger partial charge in [-0.25, -0.2) is 4.79 Å². The number of fused-ring (bicyclic) bond motifs is 3. The van der Waals surface area contributed by atoms with Crippen LogP contribution in [0.5, 0.6) is 0 Å². The molecule has 104 valence electrons. The summed E-state index contributed by atoms with van der Waals surface area (Å²) in [5.41, 5.74) is 1.83. The largest absolute Gasteiger partial charge is 0.329 e. The van der Waals surface area contributed by atoms with Crippen LogP contribution >= 0.6 is 0 Å². The van der Waals surface area contributed by atoms with E-state index in [9.17, 15) is 9.59 Å². The van der Waals surface area contributed by atoms with Gasteiger partial charge in [-0.05, 0) is 13.8 Å². The first-order valence-corrected chi connectivity index (χ1v) is 6.25. The van der Waals surface area contributed by atoms with Gasteiger partial charge >= 0.3 is 5.69 Å². The summed E-state index contributed by atoms with van der Waals surface area (Å²) in [7, 11) is 1.59. The number of rotatable bonds is 2. The first kappa shape index (κ1) is 12.5. The van der Waals surface area contributed by atoms with Crippen molar-refractivity contribution in [2.45, 2.75) is 20.4 Å². The molecule has 0 fully saturated rings. The highest BCUT2D eigenvalue weighted by Crippen LogP contribution is 2.20. The highest BCUT2D eigenvalue weighted by atomic mass is 16.2. The fraction of sp³-hybridized carbons (Fsp3) is 0.308. The number of aromatic nitrogens is 5. The molecule has 20 heavy (non-hydrogen) atoms. The Morgan fingerprint density at radius 3 is 2.65 bits per heavy atom. The Hall–Kier alpha value is -2.57. The predicted octanol–water partition coefficient (Wildman–Crippen LogP) is 0.479. The molecule has 0 atom stereocenters. The van der Waals surface area contributed by atoms with Crippen molar-refractivity contribution in [3.05, 3.63) is 44.9 Å². The molecular weight excluding hydrogens is 258 g/mol. The average Bonchev–Trinajstić information content (AvgIpc) is 2.89. The van der Waals surface area contributed by atoms with Crippen LogP contribution in [0, 0.1) is 13.8 Å². The van der Waals surface area contributed by atoms with Crippen LogP contribution in [0.25, 0.3) is 16.9 Å². The number of nitrogens with zero attached hydrogens (tertiary/aromatic N) is 4. The van der Waals surface area contributed by atoms with E-state index in [0.717, 1.165) is 11.4 Å². The number of aromatic amines is 1. The summed E-state index contributed by atoms with van der Waals surface area (Å²) in [5, 5.41) is 0. The van der Waals surface area contributed by atoms with E-state index in [2.05, 4.69) is 16.5 Å². The summed E-state index contributed by atoms with van der Waals surface area (Å²) in [6, 6.07) is 0. The molecule has 0 unspecified atom stereocenters. The summed E-state index contributed by atoms with van der Waals surface area (Å²) >= 11 is 0. The molecule has 0 amide bonds. The lowest BCUT2D eigenvalue weighted by atomic mass is 10.3. The minimum atomic E-state index is -0.465. The molecule has 3 aromatic rings. The van der Waals surface area contributed by atoms with Crippen LogP contribution in [0.2, 0.25) is 0 Å². The van der Waals surface area contributed by atoms with Gasteiger partial charge in [0, 0.05) is 25.0 Å². The number of allylic oxidation sites excluding steroid dienone is 1. The third-order valence-corrected chi connectivity index (χ3v) is 3.72. The summed E-state index contributed by atoms with van der Waals surface area (Å²) in [6.45, 7) is 8.22. The van der Waals surface area contributed by atoms with Crippen LogP contribution in [-0.4, -0.2) is 23.5 Å². The summed E-state index contributed by atoms with van der Waals surface area (Å²) in [6.07, 6.45) is 1.77. The molecule has 0 aliphatic carbocycles. The lowest BCUT2D eigenvalue weighted by molar-refractivity contribution is 0.805. The predicted molar refractivity (Wildman–Crippen MR) is 76.2 cm³/mol. The SMILES string of the molecule is C=CCn1c(C)c(C)n2c3c(=O)[nH]c(=O)n(C)c3nc12. The highest BCUT2D eigenvalue weighted by Gasteiger charge is 2.19. The molecule has 7 nitrogen and oxygen atoms in total. The Morgan fingerprint density at radius 1 is 1.30 bits per heavy atom. The second-order valence-corrected chi connectivity index (χ2v) is 4.81. The molecule has 0 aliphatic rings. The Labute approximate surface area is 113 Å². The van der Waals surface area contributed by atoms with Crippen molar-refractivity contribution >= 4 is 16.9 Å². The van der Waals surface area contributed by atoms with E-state index in [1.165, 1.54) is 4.57 Å². The second kappa shape index (κ2) is 3.96. The normalized spacial score (nSPS) is 11.6. The molecule has 0 aromatic carbocycles. The number of aryl methyl sites for hydroxylation is 2. The van der Waals surface area contributed by atoms with Gasteiger partial charge in [-0.3, -0.25) is 18.7 Å². The quantitative estimate of drug-likeness (QED) is 0.690. The van der Waals surface area contributed by atoms with E-state index in [1.54, 1.807) is 17.5 Å². The van der Waals surface area contributed by atoms with Gasteiger partial charge in [-0.1, -0.05) is 6.08 Å². The molecule has 0 radical (unpaired) electrons. The minimum absolute atomic E-state index is 0.384. The molecule has 0 saturated carbocycles. The molecule has 0 aliphatic heterocycles. The Balaban J connectivity index is 2.64. The number of hydrogen-bond donors (Lipinski definition) is 1. The van der Waals surface area contributed by atoms with Gasteiger partial charge in [0.05, 0.1) is 0 Å². The van der Waals surface area contributed by atoms with Gasteiger partial charge < -0.3 is 4.57 Å². The van der Waals surface area contributed by atoms with E-state index in [4.69, 9.17) is 0 Å². The van der Waals surface area contributed by atoms with Crippen LogP contribution in [0.4, 0.5) is 0 Å². The standard InChI is InChI=1S/C13H15N5O2/c1-5-6-17-7(2)8(3)18-9-10(14-12(17)18)16(4)13(20)15-11(9)19/h5H,1,6H2,2-4H3,(H,15,19,20). The van der Waals surface area contributed by atoms with E-state index < -0.39 is 11.2 Å². The Morgan fingerprint density at radius 2 is 2.00 bits per heavy atom. The minimum Gasteiger partial charge on any atom is -0.310 e. The van der Waals surface area contributed by atoms with Crippen molar-refractivity contribution in [2.75, 3.05) is 0 Å². The summed E-state index contributed by atoms with van der Waals surface area (Å²) in [4.78, 5) is 30.5. The molecule has 1 N–H and O–H groups in total. The van der Waals surface area contributed by atoms with Crippen molar-refractivity contribution in [1.29, 1.82) is 0 Å². The van der Waals surface area contributed by atoms with Gasteiger partial charge in [0.1, 0.15) is 0 Å². The third-order valence-electron chi connectivity index (χ3n) is 3.72. The van der Waals surface area contributed by atoms with Crippen LogP contribution in [0.3, 0.4) is 0 Å². The smallest absolute Gasteiger partial charge is 0.310 e. The van der Waals surface area contributed by atoms with Gasteiger partial charge in [0.25, 0.3) is 5.56 Å². The maximum absolute atomic E-state index is 12.1. The number of nitrogens with one attached hydrogen (secondary N) is 1. The van der Waals surface area contributed by atoms with Gasteiger partial charge in [0.15, 0.2) is 11.2 Å². The molecule has 7 heteroatoms. The van der Waals surface area contributed by atoms with Crippen LogP contribution in [-0.2, 0) is 13.6 Å². The fourth-order valence-electron chi connectivity index (χ4n) is 2.52. The maximum Gasteiger partial charge on any atom is 0.329 e. The topological polar surface area (TPSA) is 77.1 Å². The van der Waals surface area contributed by atoms with Crippen LogP contribution < -0.4 is 11.2 Å². The summed E-state index contributed by atoms with van der Waals surface area (Å²) < 4.78 is 5.09. The number of H-pyrrole nitrogens is 1. The van der Waals surface area contributed by atoms with E-state index in [0.29, 0.717) is 23.5 Å². The van der Waals surface area contributed by atoms with Gasteiger partial charge in [-0.15, -0.1) is 6.58 Å². The monoisotopic (exact) mass is 273 g/mol. The third kappa shape index (κ3) is 1.37. The molecule has 0 spiro atoms. The van der Waals surface area contributed by atoms with Crippen LogP contribution in [0.1, 0.15) is 11.4 Å². The zero-order valence-electron chi connectivity index (χ0n) is 11.6. The lowest BCUT2D eigenvalue weighted by Gasteiger charge is -2.01. The molecular formula is C13H15N5O2. The highest BCUT2D eigenvalue weighted by molar-refractivity contribution is 5.76.